The van der Waals surface area contributed by atoms with Gasteiger partial charge in [-0.05, 0) is 42.5 Å². The Kier molecular flexibility index (Phi) is 6.54. The molecule has 0 saturated heterocycles. The largest absolute Gasteiger partial charge is 0.492 e. The molecule has 9 heteroatoms. The number of halogens is 2. The quantitative estimate of drug-likeness (QED) is 0.456. The lowest BCUT2D eigenvalue weighted by atomic mass is 10.3. The number of hydrogen-bond acceptors (Lipinski definition) is 5. The van der Waals surface area contributed by atoms with Crippen molar-refractivity contribution >= 4 is 37.6 Å². The Hall–Kier alpha value is -1.87. The first-order valence-electron chi connectivity index (χ1n) is 7.97. The molecule has 142 valence electrons. The van der Waals surface area contributed by atoms with Gasteiger partial charge in [0.1, 0.15) is 28.2 Å². The van der Waals surface area contributed by atoms with Crippen molar-refractivity contribution in [3.8, 4) is 5.75 Å². The first-order chi connectivity index (χ1) is 12.9. The summed E-state index contributed by atoms with van der Waals surface area (Å²) in [6.45, 7) is 0.398. The van der Waals surface area contributed by atoms with Crippen LogP contribution in [0.15, 0.2) is 74.8 Å². The summed E-state index contributed by atoms with van der Waals surface area (Å²) < 4.78 is 39.2. The van der Waals surface area contributed by atoms with Crippen molar-refractivity contribution < 1.29 is 17.6 Å². The van der Waals surface area contributed by atoms with E-state index in [-0.39, 0.29) is 29.7 Å². The minimum atomic E-state index is -3.79. The van der Waals surface area contributed by atoms with Crippen LogP contribution in [-0.4, -0.2) is 30.9 Å². The van der Waals surface area contributed by atoms with Crippen molar-refractivity contribution in [2.75, 3.05) is 13.2 Å². The Morgan fingerprint density at radius 2 is 2.04 bits per heavy atom. The molecular weight excluding hydrogens is 456 g/mol. The Morgan fingerprint density at radius 1 is 1.19 bits per heavy atom. The van der Waals surface area contributed by atoms with Crippen molar-refractivity contribution in [1.29, 1.82) is 0 Å². The third-order valence-electron chi connectivity index (χ3n) is 3.66. The highest BCUT2D eigenvalue weighted by molar-refractivity contribution is 9.10. The molecule has 6 nitrogen and oxygen atoms in total. The van der Waals surface area contributed by atoms with Crippen molar-refractivity contribution in [3.05, 3.63) is 76.4 Å². The number of nitrogens with zero attached hydrogens (tertiary/aromatic N) is 2. The molecule has 0 aliphatic heterocycles. The molecule has 2 heterocycles. The van der Waals surface area contributed by atoms with E-state index in [1.54, 1.807) is 18.2 Å². The second-order valence-electron chi connectivity index (χ2n) is 5.54. The number of aromatic nitrogens is 1. The molecule has 0 fully saturated rings. The fourth-order valence-corrected chi connectivity index (χ4v) is 4.17. The van der Waals surface area contributed by atoms with Crippen LogP contribution in [-0.2, 0) is 16.6 Å². The summed E-state index contributed by atoms with van der Waals surface area (Å²) in [7, 11) is -3.79. The van der Waals surface area contributed by atoms with Crippen LogP contribution < -0.4 is 4.74 Å². The maximum Gasteiger partial charge on any atom is 0.245 e. The Bertz CT molecular complexity index is 979. The van der Waals surface area contributed by atoms with Crippen LogP contribution in [0.1, 0.15) is 5.76 Å². The van der Waals surface area contributed by atoms with E-state index in [0.717, 1.165) is 4.47 Å². The number of rotatable bonds is 8. The van der Waals surface area contributed by atoms with Gasteiger partial charge in [-0.15, -0.1) is 0 Å². The van der Waals surface area contributed by atoms with Gasteiger partial charge in [-0.3, -0.25) is 0 Å². The summed E-state index contributed by atoms with van der Waals surface area (Å²) in [6, 6.07) is 13.6. The Morgan fingerprint density at radius 3 is 2.70 bits per heavy atom. The summed E-state index contributed by atoms with van der Waals surface area (Å²) in [4.78, 5) is 3.92. The van der Waals surface area contributed by atoms with Gasteiger partial charge in [0, 0.05) is 17.2 Å². The summed E-state index contributed by atoms with van der Waals surface area (Å²) >= 11 is 9.14. The van der Waals surface area contributed by atoms with Crippen molar-refractivity contribution in [1.82, 2.24) is 9.29 Å². The Labute approximate surface area is 170 Å². The van der Waals surface area contributed by atoms with E-state index in [0.29, 0.717) is 11.5 Å². The van der Waals surface area contributed by atoms with Gasteiger partial charge >= 0.3 is 0 Å². The maximum absolute atomic E-state index is 13.0. The van der Waals surface area contributed by atoms with Crippen molar-refractivity contribution in [2.24, 2.45) is 0 Å². The molecule has 0 aliphatic rings. The third-order valence-corrected chi connectivity index (χ3v) is 6.20. The topological polar surface area (TPSA) is 72.6 Å². The highest BCUT2D eigenvalue weighted by Crippen LogP contribution is 2.21. The van der Waals surface area contributed by atoms with E-state index in [2.05, 4.69) is 20.9 Å². The van der Waals surface area contributed by atoms with E-state index in [9.17, 15) is 8.42 Å². The van der Waals surface area contributed by atoms with Crippen LogP contribution in [0.25, 0.3) is 0 Å². The second kappa shape index (κ2) is 8.88. The summed E-state index contributed by atoms with van der Waals surface area (Å²) in [6.07, 6.45) is 2.74. The number of ether oxygens (including phenoxy) is 1. The lowest BCUT2D eigenvalue weighted by Gasteiger charge is -2.21. The summed E-state index contributed by atoms with van der Waals surface area (Å²) in [5.41, 5.74) is 0. The average molecular weight is 472 g/mol. The van der Waals surface area contributed by atoms with Crippen LogP contribution >= 0.6 is 27.5 Å². The van der Waals surface area contributed by atoms with Crippen molar-refractivity contribution in [2.45, 2.75) is 11.4 Å². The van der Waals surface area contributed by atoms with Crippen LogP contribution in [0, 0.1) is 0 Å². The molecule has 0 radical (unpaired) electrons. The van der Waals surface area contributed by atoms with Gasteiger partial charge < -0.3 is 9.15 Å². The minimum absolute atomic E-state index is 0.0564. The number of sulfonamides is 1. The zero-order chi connectivity index (χ0) is 19.3. The van der Waals surface area contributed by atoms with Gasteiger partial charge in [0.2, 0.25) is 10.0 Å². The number of benzene rings is 1. The molecule has 0 spiro atoms. The van der Waals surface area contributed by atoms with Gasteiger partial charge in [-0.1, -0.05) is 33.6 Å². The van der Waals surface area contributed by atoms with E-state index in [1.807, 2.05) is 18.2 Å². The molecule has 0 aliphatic carbocycles. The van der Waals surface area contributed by atoms with Gasteiger partial charge in [0.25, 0.3) is 0 Å². The molecule has 3 rings (SSSR count). The average Bonchev–Trinajstić information content (AvgIpc) is 3.14. The first kappa shape index (κ1) is 19.9. The highest BCUT2D eigenvalue weighted by Gasteiger charge is 2.26. The molecule has 3 aromatic rings. The molecular formula is C18H16BrClN2O4S. The maximum atomic E-state index is 13.0. The van der Waals surface area contributed by atoms with Gasteiger partial charge in [-0.25, -0.2) is 13.4 Å². The minimum Gasteiger partial charge on any atom is -0.492 e. The smallest absolute Gasteiger partial charge is 0.245 e. The predicted molar refractivity (Wildman–Crippen MR) is 105 cm³/mol. The van der Waals surface area contributed by atoms with Crippen LogP contribution in [0.2, 0.25) is 5.15 Å². The molecule has 27 heavy (non-hydrogen) atoms. The molecule has 0 atom stereocenters. The molecule has 0 saturated carbocycles. The molecule has 1 aromatic carbocycles. The monoisotopic (exact) mass is 470 g/mol. The van der Waals surface area contributed by atoms with Crippen molar-refractivity contribution in [3.63, 3.8) is 0 Å². The lowest BCUT2D eigenvalue weighted by molar-refractivity contribution is 0.261. The van der Waals surface area contributed by atoms with E-state index < -0.39 is 10.0 Å². The van der Waals surface area contributed by atoms with Crippen LogP contribution in [0.4, 0.5) is 0 Å². The third kappa shape index (κ3) is 5.32. The molecule has 2 aromatic heterocycles. The Balaban J connectivity index is 1.76. The van der Waals surface area contributed by atoms with E-state index in [4.69, 9.17) is 20.8 Å². The highest BCUT2D eigenvalue weighted by atomic mass is 79.9. The summed E-state index contributed by atoms with van der Waals surface area (Å²) in [5, 5.41) is 0.226. The molecule has 0 bridgehead atoms. The number of furan rings is 1. The first-order valence-corrected chi connectivity index (χ1v) is 10.6. The van der Waals surface area contributed by atoms with Gasteiger partial charge in [-0.2, -0.15) is 4.31 Å². The van der Waals surface area contributed by atoms with Crippen LogP contribution in [0.5, 0.6) is 5.75 Å². The standard InChI is InChI=1S/C18H16BrClN2O4S/c19-14-3-1-4-15(11-14)26-10-8-22(13-16-5-2-9-25-16)27(23,24)17-6-7-18(20)21-12-17/h1-7,9,11-12H,8,10,13H2. The van der Waals surface area contributed by atoms with E-state index >= 15 is 0 Å². The fraction of sp³-hybridized carbons (Fsp3) is 0.167. The number of pyridine rings is 1. The lowest BCUT2D eigenvalue weighted by Crippen LogP contribution is -2.34. The molecule has 0 amide bonds. The fourth-order valence-electron chi connectivity index (χ4n) is 2.35. The van der Waals surface area contributed by atoms with Gasteiger partial charge in [0.15, 0.2) is 0 Å². The van der Waals surface area contributed by atoms with Gasteiger partial charge in [0.05, 0.1) is 12.8 Å². The van der Waals surface area contributed by atoms with Crippen LogP contribution in [0.3, 0.4) is 0 Å². The zero-order valence-corrected chi connectivity index (χ0v) is 17.2. The summed E-state index contributed by atoms with van der Waals surface area (Å²) in [5.74, 6) is 1.18. The predicted octanol–water partition coefficient (Wildman–Crippen LogP) is 4.36. The molecule has 0 N–H and O–H groups in total. The zero-order valence-electron chi connectivity index (χ0n) is 14.1. The number of hydrogen-bond donors (Lipinski definition) is 0. The molecule has 0 unspecified atom stereocenters. The SMILES string of the molecule is O=S(=O)(c1ccc(Cl)nc1)N(CCOc1cccc(Br)c1)Cc1ccco1. The second-order valence-corrected chi connectivity index (χ2v) is 8.78. The van der Waals surface area contributed by atoms with E-state index in [1.165, 1.54) is 28.9 Å². The normalized spacial score (nSPS) is 11.7.